The van der Waals surface area contributed by atoms with Crippen LogP contribution in [0, 0.1) is 0 Å². The molecule has 0 atom stereocenters. The average molecular weight is 215 g/mol. The van der Waals surface area contributed by atoms with Crippen LogP contribution in [0.1, 0.15) is 0 Å². The highest BCUT2D eigenvalue weighted by molar-refractivity contribution is 6.42. The molecule has 4 heteroatoms. The summed E-state index contributed by atoms with van der Waals surface area (Å²) in [7, 11) is 1.86. The summed E-state index contributed by atoms with van der Waals surface area (Å²) < 4.78 is 0. The topological polar surface area (TPSA) is 27.8 Å². The molecule has 0 spiro atoms. The monoisotopic (exact) mass is 214 g/mol. The summed E-state index contributed by atoms with van der Waals surface area (Å²) in [6, 6.07) is 3.74. The molecule has 2 nitrogen and oxygen atoms in total. The number of aromatic amines is 1. The van der Waals surface area contributed by atoms with Gasteiger partial charge in [-0.1, -0.05) is 23.2 Å². The first-order chi connectivity index (χ1) is 6.24. The summed E-state index contributed by atoms with van der Waals surface area (Å²) in [5.41, 5.74) is 1.94. The third kappa shape index (κ3) is 1.26. The molecule has 0 aliphatic carbocycles. The fraction of sp³-hybridized carbons (Fsp3) is 0.111. The first-order valence-corrected chi connectivity index (χ1v) is 4.62. The molecule has 2 N–H and O–H groups in total. The van der Waals surface area contributed by atoms with Gasteiger partial charge in [0.1, 0.15) is 0 Å². The van der Waals surface area contributed by atoms with Gasteiger partial charge in [-0.05, 0) is 12.1 Å². The van der Waals surface area contributed by atoms with Crippen LogP contribution in [0.2, 0.25) is 10.0 Å². The molecule has 0 bridgehead atoms. The number of rotatable bonds is 1. The predicted octanol–water partition coefficient (Wildman–Crippen LogP) is 3.52. The largest absolute Gasteiger partial charge is 0.386 e. The van der Waals surface area contributed by atoms with E-state index in [4.69, 9.17) is 23.2 Å². The highest BCUT2D eigenvalue weighted by Gasteiger charge is 2.08. The Morgan fingerprint density at radius 2 is 2.00 bits per heavy atom. The molecular weight excluding hydrogens is 207 g/mol. The third-order valence-electron chi connectivity index (χ3n) is 2.01. The van der Waals surface area contributed by atoms with Gasteiger partial charge in [0.15, 0.2) is 0 Å². The lowest BCUT2D eigenvalue weighted by Crippen LogP contribution is -1.88. The van der Waals surface area contributed by atoms with Gasteiger partial charge in [-0.2, -0.15) is 0 Å². The molecular formula is C9H8Cl2N2. The lowest BCUT2D eigenvalue weighted by atomic mass is 10.2. The van der Waals surface area contributed by atoms with Gasteiger partial charge < -0.3 is 10.3 Å². The molecule has 0 unspecified atom stereocenters. The first kappa shape index (κ1) is 8.73. The van der Waals surface area contributed by atoms with E-state index in [-0.39, 0.29) is 0 Å². The standard InChI is InChI=1S/C9H8Cl2N2/c1-12-7-3-2-5(10)8-6(11)4-13-9(7)8/h2-4,12-13H,1H3. The second-order valence-electron chi connectivity index (χ2n) is 2.73. The zero-order valence-corrected chi connectivity index (χ0v) is 8.50. The highest BCUT2D eigenvalue weighted by atomic mass is 35.5. The Labute approximate surface area is 85.8 Å². The SMILES string of the molecule is CNc1ccc(Cl)c2c(Cl)c[nH]c12. The minimum atomic E-state index is 0.650. The van der Waals surface area contributed by atoms with Crippen molar-refractivity contribution in [2.24, 2.45) is 0 Å². The molecule has 0 fully saturated rings. The summed E-state index contributed by atoms with van der Waals surface area (Å²) in [4.78, 5) is 3.07. The van der Waals surface area contributed by atoms with Crippen LogP contribution in [0.5, 0.6) is 0 Å². The van der Waals surface area contributed by atoms with E-state index in [1.807, 2.05) is 19.2 Å². The molecule has 0 saturated heterocycles. The fourth-order valence-electron chi connectivity index (χ4n) is 1.38. The summed E-state index contributed by atoms with van der Waals surface area (Å²) in [6.07, 6.45) is 1.74. The summed E-state index contributed by atoms with van der Waals surface area (Å²) in [5.74, 6) is 0. The minimum absolute atomic E-state index is 0.650. The first-order valence-electron chi connectivity index (χ1n) is 3.87. The Morgan fingerprint density at radius 3 is 2.69 bits per heavy atom. The van der Waals surface area contributed by atoms with E-state index in [2.05, 4.69) is 10.3 Å². The molecule has 0 saturated carbocycles. The van der Waals surface area contributed by atoms with Crippen LogP contribution in [0.4, 0.5) is 5.69 Å². The zero-order chi connectivity index (χ0) is 9.42. The lowest BCUT2D eigenvalue weighted by molar-refractivity contribution is 1.45. The van der Waals surface area contributed by atoms with Gasteiger partial charge >= 0.3 is 0 Å². The molecule has 2 aromatic rings. The number of nitrogens with one attached hydrogen (secondary N) is 2. The van der Waals surface area contributed by atoms with Crippen LogP contribution in [0.25, 0.3) is 10.9 Å². The van der Waals surface area contributed by atoms with Gasteiger partial charge in [0, 0.05) is 18.6 Å². The minimum Gasteiger partial charge on any atom is -0.386 e. The molecule has 0 radical (unpaired) electrons. The van der Waals surface area contributed by atoms with Crippen LogP contribution in [-0.4, -0.2) is 12.0 Å². The number of hydrogen-bond acceptors (Lipinski definition) is 1. The van der Waals surface area contributed by atoms with E-state index in [1.54, 1.807) is 6.20 Å². The molecule has 13 heavy (non-hydrogen) atoms. The Morgan fingerprint density at radius 1 is 1.23 bits per heavy atom. The third-order valence-corrected chi connectivity index (χ3v) is 2.62. The van der Waals surface area contributed by atoms with Crippen molar-refractivity contribution in [2.45, 2.75) is 0 Å². The lowest BCUT2D eigenvalue weighted by Gasteiger charge is -2.02. The van der Waals surface area contributed by atoms with E-state index in [1.165, 1.54) is 0 Å². The van der Waals surface area contributed by atoms with Crippen molar-refractivity contribution >= 4 is 39.8 Å². The number of halogens is 2. The maximum atomic E-state index is 6.00. The van der Waals surface area contributed by atoms with Crippen LogP contribution >= 0.6 is 23.2 Å². The quantitative estimate of drug-likeness (QED) is 0.748. The van der Waals surface area contributed by atoms with Crippen molar-refractivity contribution in [3.8, 4) is 0 Å². The molecule has 0 aliphatic rings. The van der Waals surface area contributed by atoms with Crippen molar-refractivity contribution < 1.29 is 0 Å². The number of aromatic nitrogens is 1. The number of anilines is 1. The van der Waals surface area contributed by atoms with Crippen LogP contribution in [-0.2, 0) is 0 Å². The molecule has 1 aromatic carbocycles. The van der Waals surface area contributed by atoms with Crippen LogP contribution in [0.15, 0.2) is 18.3 Å². The second-order valence-corrected chi connectivity index (χ2v) is 3.55. The summed E-state index contributed by atoms with van der Waals surface area (Å²) in [6.45, 7) is 0. The number of hydrogen-bond donors (Lipinski definition) is 2. The smallest absolute Gasteiger partial charge is 0.0720 e. The predicted molar refractivity (Wildman–Crippen MR) is 57.9 cm³/mol. The fourth-order valence-corrected chi connectivity index (χ4v) is 1.94. The average Bonchev–Trinajstić information content (AvgIpc) is 2.50. The molecule has 2 rings (SSSR count). The molecule has 1 aromatic heterocycles. The van der Waals surface area contributed by atoms with Gasteiger partial charge in [-0.15, -0.1) is 0 Å². The van der Waals surface area contributed by atoms with Crippen molar-refractivity contribution in [2.75, 3.05) is 12.4 Å². The molecule has 0 amide bonds. The van der Waals surface area contributed by atoms with Crippen molar-refractivity contribution in [1.82, 2.24) is 4.98 Å². The Balaban J connectivity index is 2.87. The van der Waals surface area contributed by atoms with E-state index in [0.29, 0.717) is 10.0 Å². The normalized spacial score (nSPS) is 10.7. The summed E-state index contributed by atoms with van der Waals surface area (Å²) in [5, 5.41) is 5.25. The van der Waals surface area contributed by atoms with Crippen molar-refractivity contribution in [3.63, 3.8) is 0 Å². The van der Waals surface area contributed by atoms with Gasteiger partial charge in [0.05, 0.1) is 21.2 Å². The Bertz CT molecular complexity index is 448. The van der Waals surface area contributed by atoms with Gasteiger partial charge in [-0.3, -0.25) is 0 Å². The Kier molecular flexibility index (Phi) is 2.10. The molecule has 0 aliphatic heterocycles. The van der Waals surface area contributed by atoms with Gasteiger partial charge in [0.25, 0.3) is 0 Å². The number of fused-ring (bicyclic) bond motifs is 1. The summed E-state index contributed by atoms with van der Waals surface area (Å²) >= 11 is 12.0. The zero-order valence-electron chi connectivity index (χ0n) is 6.99. The maximum absolute atomic E-state index is 6.00. The van der Waals surface area contributed by atoms with Gasteiger partial charge in [-0.25, -0.2) is 0 Å². The molecule has 1 heterocycles. The van der Waals surface area contributed by atoms with Crippen molar-refractivity contribution in [1.29, 1.82) is 0 Å². The molecule has 68 valence electrons. The van der Waals surface area contributed by atoms with E-state index < -0.39 is 0 Å². The van der Waals surface area contributed by atoms with E-state index >= 15 is 0 Å². The second kappa shape index (κ2) is 3.13. The number of H-pyrrole nitrogens is 1. The van der Waals surface area contributed by atoms with Crippen LogP contribution in [0.3, 0.4) is 0 Å². The van der Waals surface area contributed by atoms with E-state index in [9.17, 15) is 0 Å². The van der Waals surface area contributed by atoms with Gasteiger partial charge in [0.2, 0.25) is 0 Å². The maximum Gasteiger partial charge on any atom is 0.0720 e. The van der Waals surface area contributed by atoms with Crippen LogP contribution < -0.4 is 5.32 Å². The van der Waals surface area contributed by atoms with E-state index in [0.717, 1.165) is 16.6 Å². The van der Waals surface area contributed by atoms with Crippen molar-refractivity contribution in [3.05, 3.63) is 28.4 Å². The number of benzene rings is 1. The highest BCUT2D eigenvalue weighted by Crippen LogP contribution is 2.34. The Hall–Kier alpha value is -0.860.